The normalized spacial score (nSPS) is 11.0. The second-order valence-corrected chi connectivity index (χ2v) is 4.68. The maximum Gasteiger partial charge on any atom is 0.227 e. The van der Waals surface area contributed by atoms with Crippen LogP contribution in [0.25, 0.3) is 0 Å². The van der Waals surface area contributed by atoms with Crippen molar-refractivity contribution in [1.82, 2.24) is 5.32 Å². The van der Waals surface area contributed by atoms with Crippen LogP contribution in [0.3, 0.4) is 0 Å². The van der Waals surface area contributed by atoms with Crippen molar-refractivity contribution in [3.63, 3.8) is 0 Å². The van der Waals surface area contributed by atoms with Crippen molar-refractivity contribution >= 4 is 21.7 Å². The van der Waals surface area contributed by atoms with Gasteiger partial charge in [-0.05, 0) is 13.3 Å². The summed E-state index contributed by atoms with van der Waals surface area (Å²) in [6.07, 6.45) is 0.0812. The summed E-state index contributed by atoms with van der Waals surface area (Å²) in [5.74, 6) is -0.797. The van der Waals surface area contributed by atoms with Crippen molar-refractivity contribution in [2.45, 2.75) is 19.8 Å². The third kappa shape index (κ3) is 9.14. The average Bonchev–Trinajstić information content (AvgIpc) is 1.95. The van der Waals surface area contributed by atoms with Crippen LogP contribution in [0.1, 0.15) is 19.8 Å². The number of nitrogens with one attached hydrogen (secondary N) is 1. The molecule has 0 unspecified atom stereocenters. The predicted molar refractivity (Wildman–Crippen MR) is 50.9 cm³/mol. The molecule has 0 aromatic rings. The van der Waals surface area contributed by atoms with E-state index in [-0.39, 0.29) is 30.9 Å². The molecule has 0 radical (unpaired) electrons. The van der Waals surface area contributed by atoms with Crippen LogP contribution in [0, 0.1) is 0 Å². The first kappa shape index (κ1) is 13.1. The third-order valence-electron chi connectivity index (χ3n) is 1.34. The quantitative estimate of drug-likeness (QED) is 0.433. The summed E-state index contributed by atoms with van der Waals surface area (Å²) in [5.41, 5.74) is 0. The molecule has 0 fully saturated rings. The molecule has 0 spiro atoms. The molecule has 0 aliphatic heterocycles. The highest BCUT2D eigenvalue weighted by Crippen LogP contribution is 1.85. The first-order chi connectivity index (χ1) is 6.31. The smallest absolute Gasteiger partial charge is 0.227 e. The predicted octanol–water partition coefficient (Wildman–Crippen LogP) is -1.24. The first-order valence-corrected chi connectivity index (χ1v) is 5.79. The van der Waals surface area contributed by atoms with Crippen LogP contribution in [0.5, 0.6) is 0 Å². The number of nitrogens with two attached hydrogens (primary N) is 1. The number of hydrogen-bond acceptors (Lipinski definition) is 4. The molecule has 6 nitrogen and oxygen atoms in total. The molecule has 1 amide bonds. The third-order valence-corrected chi connectivity index (χ3v) is 2.20. The maximum absolute atomic E-state index is 10.9. The van der Waals surface area contributed by atoms with Crippen LogP contribution in [0.2, 0.25) is 0 Å². The van der Waals surface area contributed by atoms with E-state index in [0.29, 0.717) is 0 Å². The van der Waals surface area contributed by atoms with Gasteiger partial charge >= 0.3 is 0 Å². The summed E-state index contributed by atoms with van der Waals surface area (Å²) in [4.78, 5) is 21.3. The molecule has 82 valence electrons. The fraction of sp³-hybridized carbons (Fsp3) is 0.714. The monoisotopic (exact) mass is 222 g/mol. The Kier molecular flexibility index (Phi) is 5.32. The summed E-state index contributed by atoms with van der Waals surface area (Å²) in [7, 11) is -3.46. The molecule has 0 saturated carbocycles. The lowest BCUT2D eigenvalue weighted by molar-refractivity contribution is -0.127. The molecule has 0 bridgehead atoms. The Morgan fingerprint density at radius 1 is 1.36 bits per heavy atom. The summed E-state index contributed by atoms with van der Waals surface area (Å²) < 4.78 is 20.9. The van der Waals surface area contributed by atoms with E-state index in [9.17, 15) is 18.0 Å². The number of Topliss-reactive ketones (excluding diaryl/α,β-unsaturated/α-hetero) is 1. The van der Waals surface area contributed by atoms with Gasteiger partial charge in [0, 0.05) is 6.54 Å². The van der Waals surface area contributed by atoms with Gasteiger partial charge in [-0.2, -0.15) is 0 Å². The molecule has 0 heterocycles. The Bertz CT molecular complexity index is 310. The Balaban J connectivity index is 3.56. The van der Waals surface area contributed by atoms with Crippen molar-refractivity contribution in [2.24, 2.45) is 5.14 Å². The fourth-order valence-corrected chi connectivity index (χ4v) is 1.34. The number of primary sulfonamides is 1. The fourth-order valence-electron chi connectivity index (χ4n) is 0.790. The van der Waals surface area contributed by atoms with Gasteiger partial charge in [-0.15, -0.1) is 0 Å². The minimum absolute atomic E-state index is 0.171. The van der Waals surface area contributed by atoms with Crippen molar-refractivity contribution in [2.75, 3.05) is 12.3 Å². The van der Waals surface area contributed by atoms with Crippen molar-refractivity contribution < 1.29 is 18.0 Å². The molecule has 0 aromatic heterocycles. The maximum atomic E-state index is 10.9. The van der Waals surface area contributed by atoms with Gasteiger partial charge in [-0.3, -0.25) is 9.59 Å². The molecule has 14 heavy (non-hydrogen) atoms. The zero-order valence-corrected chi connectivity index (χ0v) is 8.76. The van der Waals surface area contributed by atoms with Gasteiger partial charge in [-0.1, -0.05) is 0 Å². The standard InChI is InChI=1S/C7H14N2O4S/c1-6(10)5-7(11)9-3-2-4-14(8,12)13/h2-5H2,1H3,(H,9,11)(H2,8,12,13). The van der Waals surface area contributed by atoms with E-state index in [1.807, 2.05) is 0 Å². The number of hydrogen-bond donors (Lipinski definition) is 2. The van der Waals surface area contributed by atoms with Crippen LogP contribution >= 0.6 is 0 Å². The van der Waals surface area contributed by atoms with E-state index >= 15 is 0 Å². The van der Waals surface area contributed by atoms with Crippen LogP contribution in [0.15, 0.2) is 0 Å². The Morgan fingerprint density at radius 2 is 1.93 bits per heavy atom. The van der Waals surface area contributed by atoms with Gasteiger partial charge in [0.25, 0.3) is 0 Å². The van der Waals surface area contributed by atoms with Crippen molar-refractivity contribution in [3.05, 3.63) is 0 Å². The van der Waals surface area contributed by atoms with Gasteiger partial charge in [0.1, 0.15) is 5.78 Å². The van der Waals surface area contributed by atoms with Crippen LogP contribution in [0.4, 0.5) is 0 Å². The van der Waals surface area contributed by atoms with Crippen LogP contribution < -0.4 is 10.5 Å². The highest BCUT2D eigenvalue weighted by Gasteiger charge is 2.05. The average molecular weight is 222 g/mol. The number of carbonyl (C=O) groups excluding carboxylic acids is 2. The highest BCUT2D eigenvalue weighted by atomic mass is 32.2. The van der Waals surface area contributed by atoms with Gasteiger partial charge < -0.3 is 5.32 Å². The van der Waals surface area contributed by atoms with Gasteiger partial charge in [0.2, 0.25) is 15.9 Å². The summed E-state index contributed by atoms with van der Waals surface area (Å²) in [6.45, 7) is 1.52. The Morgan fingerprint density at radius 3 is 2.36 bits per heavy atom. The topological polar surface area (TPSA) is 106 Å². The van der Waals surface area contributed by atoms with Crippen molar-refractivity contribution in [3.8, 4) is 0 Å². The van der Waals surface area contributed by atoms with E-state index < -0.39 is 15.9 Å². The molecule has 7 heteroatoms. The van der Waals surface area contributed by atoms with Gasteiger partial charge in [0.05, 0.1) is 12.2 Å². The number of sulfonamides is 1. The number of ketones is 1. The summed E-state index contributed by atoms with van der Waals surface area (Å²) in [6, 6.07) is 0. The van der Waals surface area contributed by atoms with Crippen LogP contribution in [-0.2, 0) is 19.6 Å². The number of carbonyl (C=O) groups is 2. The van der Waals surface area contributed by atoms with Gasteiger partial charge in [-0.25, -0.2) is 13.6 Å². The lowest BCUT2D eigenvalue weighted by atomic mass is 10.3. The lowest BCUT2D eigenvalue weighted by Gasteiger charge is -2.02. The van der Waals surface area contributed by atoms with E-state index in [1.54, 1.807) is 0 Å². The lowest BCUT2D eigenvalue weighted by Crippen LogP contribution is -2.28. The van der Waals surface area contributed by atoms with Crippen molar-refractivity contribution in [1.29, 1.82) is 0 Å². The van der Waals surface area contributed by atoms with Crippen LogP contribution in [-0.4, -0.2) is 32.4 Å². The summed E-state index contributed by atoms with van der Waals surface area (Å²) >= 11 is 0. The van der Waals surface area contributed by atoms with E-state index in [4.69, 9.17) is 5.14 Å². The molecule has 3 N–H and O–H groups in total. The molecule has 0 aliphatic carbocycles. The summed E-state index contributed by atoms with van der Waals surface area (Å²) in [5, 5.41) is 7.15. The first-order valence-electron chi connectivity index (χ1n) is 4.08. The molecular weight excluding hydrogens is 208 g/mol. The second kappa shape index (κ2) is 5.71. The van der Waals surface area contributed by atoms with E-state index in [2.05, 4.69) is 5.32 Å². The molecule has 0 saturated heterocycles. The zero-order chi connectivity index (χ0) is 11.2. The minimum Gasteiger partial charge on any atom is -0.356 e. The Labute approximate surface area is 82.9 Å². The Hall–Kier alpha value is -0.950. The molecule has 0 atom stereocenters. The highest BCUT2D eigenvalue weighted by molar-refractivity contribution is 7.89. The van der Waals surface area contributed by atoms with Gasteiger partial charge in [0.15, 0.2) is 0 Å². The van der Waals surface area contributed by atoms with E-state index in [1.165, 1.54) is 6.92 Å². The SMILES string of the molecule is CC(=O)CC(=O)NCCCS(N)(=O)=O. The largest absolute Gasteiger partial charge is 0.356 e. The molecule has 0 aromatic carbocycles. The number of amides is 1. The molecule has 0 rings (SSSR count). The molecule has 0 aliphatic rings. The second-order valence-electron chi connectivity index (χ2n) is 2.95. The number of rotatable bonds is 6. The zero-order valence-electron chi connectivity index (χ0n) is 7.95. The van der Waals surface area contributed by atoms with E-state index in [0.717, 1.165) is 0 Å². The minimum atomic E-state index is -3.46. The molecular formula is C7H14N2O4S.